The molecule has 0 aromatic carbocycles. The summed E-state index contributed by atoms with van der Waals surface area (Å²) in [5.74, 6) is 0. The van der Waals surface area contributed by atoms with Gasteiger partial charge in [-0.25, -0.2) is 0 Å². The van der Waals surface area contributed by atoms with Gasteiger partial charge in [-0.05, 0) is 41.8 Å². The highest BCUT2D eigenvalue weighted by atomic mass is 28.4. The molecule has 1 fully saturated rings. The molecule has 142 valence electrons. The van der Waals surface area contributed by atoms with Crippen molar-refractivity contribution in [3.63, 3.8) is 0 Å². The average Bonchev–Trinajstić information content (AvgIpc) is 2.31. The first-order valence-electron chi connectivity index (χ1n) is 9.20. The van der Waals surface area contributed by atoms with Crippen LogP contribution in [-0.2, 0) is 8.85 Å². The number of rotatable bonds is 4. The smallest absolute Gasteiger partial charge is 0.192 e. The molecular formula is C19H40O3Si2. The van der Waals surface area contributed by atoms with Crippen molar-refractivity contribution in [2.24, 2.45) is 0 Å². The highest BCUT2D eigenvalue weighted by molar-refractivity contribution is 6.74. The zero-order valence-electron chi connectivity index (χ0n) is 17.6. The largest absolute Gasteiger partial charge is 0.410 e. The third-order valence-corrected chi connectivity index (χ3v) is 15.3. The molecule has 3 atom stereocenters. The zero-order valence-corrected chi connectivity index (χ0v) is 19.6. The fourth-order valence-corrected chi connectivity index (χ4v) is 5.04. The summed E-state index contributed by atoms with van der Waals surface area (Å²) < 4.78 is 13.1. The highest BCUT2D eigenvalue weighted by Gasteiger charge is 2.45. The van der Waals surface area contributed by atoms with Gasteiger partial charge in [0, 0.05) is 12.8 Å². The van der Waals surface area contributed by atoms with E-state index in [-0.39, 0.29) is 28.4 Å². The number of aliphatic hydroxyl groups excluding tert-OH is 1. The maximum Gasteiger partial charge on any atom is 0.192 e. The van der Waals surface area contributed by atoms with Gasteiger partial charge in [-0.15, -0.1) is 0 Å². The Kier molecular flexibility index (Phi) is 6.43. The zero-order chi connectivity index (χ0) is 19.1. The third-order valence-electron chi connectivity index (χ3n) is 6.29. The van der Waals surface area contributed by atoms with Crippen molar-refractivity contribution in [3.05, 3.63) is 12.2 Å². The Morgan fingerprint density at radius 2 is 1.12 bits per heavy atom. The summed E-state index contributed by atoms with van der Waals surface area (Å²) in [4.78, 5) is 0. The molecule has 1 aliphatic carbocycles. The van der Waals surface area contributed by atoms with E-state index in [1.54, 1.807) is 0 Å². The lowest BCUT2D eigenvalue weighted by molar-refractivity contribution is 0.0252. The van der Waals surface area contributed by atoms with Crippen molar-refractivity contribution < 1.29 is 14.0 Å². The van der Waals surface area contributed by atoms with E-state index in [1.165, 1.54) is 0 Å². The van der Waals surface area contributed by atoms with E-state index in [1.807, 2.05) is 0 Å². The van der Waals surface area contributed by atoms with Gasteiger partial charge in [-0.3, -0.25) is 0 Å². The van der Waals surface area contributed by atoms with Crippen LogP contribution in [-0.4, -0.2) is 40.1 Å². The van der Waals surface area contributed by atoms with E-state index in [2.05, 4.69) is 74.3 Å². The van der Waals surface area contributed by atoms with Crippen molar-refractivity contribution in [2.45, 2.75) is 109 Å². The first kappa shape index (κ1) is 22.1. The van der Waals surface area contributed by atoms with Gasteiger partial charge in [0.25, 0.3) is 0 Å². The Hall–Kier alpha value is 0.0538. The molecule has 0 aromatic heterocycles. The Morgan fingerprint density at radius 3 is 1.38 bits per heavy atom. The summed E-state index contributed by atoms with van der Waals surface area (Å²) in [6.45, 7) is 26.8. The second kappa shape index (κ2) is 6.99. The molecule has 1 rings (SSSR count). The molecule has 1 saturated carbocycles. The summed E-state index contributed by atoms with van der Waals surface area (Å²) >= 11 is 0. The molecule has 0 heterocycles. The second-order valence-corrected chi connectivity index (χ2v) is 19.9. The lowest BCUT2D eigenvalue weighted by atomic mass is 9.89. The SMILES string of the molecule is C=C1[C@@H](O[Si](C)(C)C(C)(C)C)CC(O)C[C@H]1O[Si](C)(C)C(C)(C)C. The first-order valence-corrected chi connectivity index (χ1v) is 15.0. The summed E-state index contributed by atoms with van der Waals surface area (Å²) in [6, 6.07) is 0. The Bertz CT molecular complexity index is 418. The van der Waals surface area contributed by atoms with Gasteiger partial charge in [-0.2, -0.15) is 0 Å². The van der Waals surface area contributed by atoms with Gasteiger partial charge in [0.15, 0.2) is 16.6 Å². The minimum atomic E-state index is -1.90. The van der Waals surface area contributed by atoms with Crippen LogP contribution < -0.4 is 0 Å². The van der Waals surface area contributed by atoms with E-state index >= 15 is 0 Å². The fraction of sp³-hybridized carbons (Fsp3) is 0.895. The summed E-state index contributed by atoms with van der Waals surface area (Å²) in [5.41, 5.74) is 1.02. The maximum absolute atomic E-state index is 10.4. The Labute approximate surface area is 152 Å². The van der Waals surface area contributed by atoms with Gasteiger partial charge in [0.1, 0.15) is 0 Å². The van der Waals surface area contributed by atoms with E-state index in [9.17, 15) is 5.11 Å². The molecule has 1 aliphatic rings. The molecule has 0 amide bonds. The van der Waals surface area contributed by atoms with Gasteiger partial charge >= 0.3 is 0 Å². The molecule has 0 aromatic rings. The highest BCUT2D eigenvalue weighted by Crippen LogP contribution is 2.43. The monoisotopic (exact) mass is 372 g/mol. The van der Waals surface area contributed by atoms with Gasteiger partial charge in [-0.1, -0.05) is 48.1 Å². The van der Waals surface area contributed by atoms with Crippen LogP contribution in [0.15, 0.2) is 12.2 Å². The van der Waals surface area contributed by atoms with Crippen molar-refractivity contribution in [2.75, 3.05) is 0 Å². The molecule has 0 aliphatic heterocycles. The quantitative estimate of drug-likeness (QED) is 0.524. The van der Waals surface area contributed by atoms with Gasteiger partial charge in [0.2, 0.25) is 0 Å². The third kappa shape index (κ3) is 5.04. The van der Waals surface area contributed by atoms with Crippen LogP contribution in [0.1, 0.15) is 54.4 Å². The minimum absolute atomic E-state index is 0.0931. The predicted molar refractivity (Wildman–Crippen MR) is 109 cm³/mol. The lowest BCUT2D eigenvalue weighted by Gasteiger charge is -2.46. The molecule has 1 unspecified atom stereocenters. The molecule has 5 heteroatoms. The summed E-state index contributed by atoms with van der Waals surface area (Å²) in [7, 11) is -3.81. The molecule has 0 spiro atoms. The van der Waals surface area contributed by atoms with Crippen LogP contribution in [0.2, 0.25) is 36.3 Å². The van der Waals surface area contributed by atoms with Gasteiger partial charge in [0.05, 0.1) is 18.3 Å². The average molecular weight is 373 g/mol. The summed E-state index contributed by atoms with van der Waals surface area (Å²) in [5, 5.41) is 10.7. The Balaban J connectivity index is 2.94. The molecule has 0 saturated heterocycles. The van der Waals surface area contributed by atoms with E-state index < -0.39 is 16.6 Å². The minimum Gasteiger partial charge on any atom is -0.410 e. The second-order valence-electron chi connectivity index (χ2n) is 10.4. The van der Waals surface area contributed by atoms with Crippen molar-refractivity contribution in [1.82, 2.24) is 0 Å². The lowest BCUT2D eigenvalue weighted by Crippen LogP contribution is -2.51. The molecule has 24 heavy (non-hydrogen) atoms. The number of hydrogen-bond donors (Lipinski definition) is 1. The number of hydrogen-bond acceptors (Lipinski definition) is 3. The van der Waals surface area contributed by atoms with Crippen LogP contribution in [0.3, 0.4) is 0 Å². The van der Waals surface area contributed by atoms with Crippen LogP contribution in [0.25, 0.3) is 0 Å². The van der Waals surface area contributed by atoms with Gasteiger partial charge < -0.3 is 14.0 Å². The van der Waals surface area contributed by atoms with Crippen LogP contribution in [0, 0.1) is 0 Å². The molecule has 0 bridgehead atoms. The van der Waals surface area contributed by atoms with E-state index in [4.69, 9.17) is 8.85 Å². The predicted octanol–water partition coefficient (Wildman–Crippen LogP) is 5.48. The Morgan fingerprint density at radius 1 is 0.833 bits per heavy atom. The van der Waals surface area contributed by atoms with Crippen molar-refractivity contribution in [3.8, 4) is 0 Å². The topological polar surface area (TPSA) is 38.7 Å². The van der Waals surface area contributed by atoms with Crippen molar-refractivity contribution in [1.29, 1.82) is 0 Å². The first-order chi connectivity index (χ1) is 10.5. The fourth-order valence-electron chi connectivity index (χ4n) is 2.41. The summed E-state index contributed by atoms with van der Waals surface area (Å²) in [6.07, 6.45) is 0.722. The van der Waals surface area contributed by atoms with E-state index in [0.29, 0.717) is 12.8 Å². The molecule has 3 nitrogen and oxygen atoms in total. The molecule has 1 N–H and O–H groups in total. The molecule has 0 radical (unpaired) electrons. The van der Waals surface area contributed by atoms with Crippen LogP contribution in [0.5, 0.6) is 0 Å². The van der Waals surface area contributed by atoms with E-state index in [0.717, 1.165) is 5.57 Å². The van der Waals surface area contributed by atoms with Crippen molar-refractivity contribution >= 4 is 16.6 Å². The van der Waals surface area contributed by atoms with Crippen LogP contribution in [0.4, 0.5) is 0 Å². The number of aliphatic hydroxyl groups is 1. The maximum atomic E-state index is 10.4. The normalized spacial score (nSPS) is 27.5. The standard InChI is InChI=1S/C19H40O3Si2/c1-14-16(21-23(8,9)18(2,3)4)12-15(20)13-17(14)22-24(10,11)19(5,6)7/h15-17,20H,1,12-13H2,2-11H3/t15?,16-,17+. The molecular weight excluding hydrogens is 332 g/mol. The van der Waals surface area contributed by atoms with Crippen LogP contribution >= 0.6 is 0 Å².